The molecule has 0 aliphatic heterocycles. The molecule has 1 N–H and O–H groups in total. The maximum atomic E-state index is 14.2. The first kappa shape index (κ1) is 24.5. The number of methoxy groups -OCH3 is 1. The van der Waals surface area contributed by atoms with Gasteiger partial charge in [0.25, 0.3) is 0 Å². The fraction of sp³-hybridized carbons (Fsp3) is 0.304. The number of carbonyl (C=O) groups is 1. The highest BCUT2D eigenvalue weighted by Crippen LogP contribution is 2.41. The van der Waals surface area contributed by atoms with Crippen molar-refractivity contribution in [1.82, 2.24) is 4.37 Å². The number of benzene rings is 2. The van der Waals surface area contributed by atoms with E-state index in [2.05, 4.69) is 4.37 Å². The highest BCUT2D eigenvalue weighted by atomic mass is 32.1. The SMILES string of the molecule is COc1ccc(-c2nsc(C(F)(F)F)c2COc2ccc(CCC(=O)O)c(C)c2C)cc1F. The molecule has 0 bridgehead atoms. The molecule has 1 aromatic heterocycles. The van der Waals surface area contributed by atoms with Crippen molar-refractivity contribution in [2.24, 2.45) is 0 Å². The van der Waals surface area contributed by atoms with Gasteiger partial charge in [0.05, 0.1) is 12.8 Å². The summed E-state index contributed by atoms with van der Waals surface area (Å²) in [6, 6.07) is 7.15. The summed E-state index contributed by atoms with van der Waals surface area (Å²) >= 11 is 0.284. The number of carboxylic acid groups (broad SMARTS) is 1. The molecule has 0 atom stereocenters. The number of alkyl halides is 3. The van der Waals surface area contributed by atoms with Crippen LogP contribution in [0.15, 0.2) is 30.3 Å². The predicted molar refractivity (Wildman–Crippen MR) is 115 cm³/mol. The maximum absolute atomic E-state index is 14.2. The molecule has 0 amide bonds. The Labute approximate surface area is 191 Å². The zero-order chi connectivity index (χ0) is 24.3. The van der Waals surface area contributed by atoms with E-state index in [1.165, 1.54) is 19.2 Å². The Morgan fingerprint density at radius 3 is 2.42 bits per heavy atom. The van der Waals surface area contributed by atoms with E-state index in [4.69, 9.17) is 14.6 Å². The van der Waals surface area contributed by atoms with Gasteiger partial charge in [-0.1, -0.05) is 6.07 Å². The van der Waals surface area contributed by atoms with E-state index in [0.29, 0.717) is 17.7 Å². The Morgan fingerprint density at radius 2 is 1.82 bits per heavy atom. The molecule has 0 radical (unpaired) electrons. The van der Waals surface area contributed by atoms with E-state index >= 15 is 0 Å². The van der Waals surface area contributed by atoms with E-state index in [1.807, 2.05) is 0 Å². The van der Waals surface area contributed by atoms with E-state index < -0.39 is 29.4 Å². The van der Waals surface area contributed by atoms with Gasteiger partial charge in [0.15, 0.2) is 11.6 Å². The average Bonchev–Trinajstić information content (AvgIpc) is 3.18. The lowest BCUT2D eigenvalue weighted by Gasteiger charge is -2.15. The minimum absolute atomic E-state index is 0.0127. The van der Waals surface area contributed by atoms with Gasteiger partial charge in [-0.3, -0.25) is 4.79 Å². The van der Waals surface area contributed by atoms with Gasteiger partial charge in [0.1, 0.15) is 17.2 Å². The lowest BCUT2D eigenvalue weighted by atomic mass is 9.99. The molecule has 33 heavy (non-hydrogen) atoms. The van der Waals surface area contributed by atoms with E-state index in [0.717, 1.165) is 17.2 Å². The topological polar surface area (TPSA) is 68.7 Å². The average molecular weight is 483 g/mol. The van der Waals surface area contributed by atoms with Gasteiger partial charge in [-0.05, 0) is 72.8 Å². The molecule has 0 saturated heterocycles. The van der Waals surface area contributed by atoms with Crippen LogP contribution in [-0.4, -0.2) is 22.6 Å². The highest BCUT2D eigenvalue weighted by Gasteiger charge is 2.38. The van der Waals surface area contributed by atoms with Crippen LogP contribution >= 0.6 is 11.5 Å². The lowest BCUT2D eigenvalue weighted by Crippen LogP contribution is -2.09. The van der Waals surface area contributed by atoms with Gasteiger partial charge in [-0.25, -0.2) is 4.39 Å². The van der Waals surface area contributed by atoms with Crippen LogP contribution in [0.4, 0.5) is 17.6 Å². The third-order valence-electron chi connectivity index (χ3n) is 5.30. The first-order valence-corrected chi connectivity index (χ1v) is 10.6. The molecule has 176 valence electrons. The van der Waals surface area contributed by atoms with Crippen LogP contribution in [0.25, 0.3) is 11.3 Å². The molecule has 2 aromatic carbocycles. The summed E-state index contributed by atoms with van der Waals surface area (Å²) in [4.78, 5) is 9.92. The number of halogens is 4. The Balaban J connectivity index is 1.93. The van der Waals surface area contributed by atoms with Crippen molar-refractivity contribution in [3.8, 4) is 22.8 Å². The van der Waals surface area contributed by atoms with Crippen LogP contribution in [0, 0.1) is 19.7 Å². The van der Waals surface area contributed by atoms with Crippen molar-refractivity contribution in [3.63, 3.8) is 0 Å². The van der Waals surface area contributed by atoms with Crippen molar-refractivity contribution in [2.45, 2.75) is 39.5 Å². The summed E-state index contributed by atoms with van der Waals surface area (Å²) in [5.74, 6) is -1.29. The van der Waals surface area contributed by atoms with Crippen LogP contribution in [0.5, 0.6) is 11.5 Å². The molecule has 5 nitrogen and oxygen atoms in total. The zero-order valence-electron chi connectivity index (χ0n) is 18.0. The Bertz CT molecular complexity index is 1170. The third kappa shape index (κ3) is 5.44. The molecule has 0 unspecified atom stereocenters. The van der Waals surface area contributed by atoms with Crippen LogP contribution in [0.2, 0.25) is 0 Å². The summed E-state index contributed by atoms with van der Waals surface area (Å²) in [6.45, 7) is 3.13. The second kappa shape index (κ2) is 9.78. The molecule has 0 aliphatic carbocycles. The molecular formula is C23H21F4NO4S. The molecule has 10 heteroatoms. The Hall–Kier alpha value is -3.14. The van der Waals surface area contributed by atoms with Gasteiger partial charge >= 0.3 is 12.1 Å². The third-order valence-corrected chi connectivity index (χ3v) is 6.24. The molecule has 0 fully saturated rings. The van der Waals surface area contributed by atoms with Crippen LogP contribution in [-0.2, 0) is 24.0 Å². The Morgan fingerprint density at radius 1 is 1.12 bits per heavy atom. The van der Waals surface area contributed by atoms with Gasteiger partial charge in [0.2, 0.25) is 0 Å². The molecular weight excluding hydrogens is 462 g/mol. The van der Waals surface area contributed by atoms with Gasteiger partial charge in [-0.2, -0.15) is 17.5 Å². The number of aryl methyl sites for hydroxylation is 1. The summed E-state index contributed by atoms with van der Waals surface area (Å²) in [5.41, 5.74) is 2.31. The lowest BCUT2D eigenvalue weighted by molar-refractivity contribution is -0.137. The number of rotatable bonds is 8. The second-order valence-electron chi connectivity index (χ2n) is 7.34. The smallest absolute Gasteiger partial charge is 0.427 e. The molecule has 0 spiro atoms. The van der Waals surface area contributed by atoms with Gasteiger partial charge in [-0.15, -0.1) is 0 Å². The van der Waals surface area contributed by atoms with E-state index in [9.17, 15) is 22.4 Å². The summed E-state index contributed by atoms with van der Waals surface area (Å²) in [6.07, 6.45) is -4.34. The zero-order valence-corrected chi connectivity index (χ0v) is 18.9. The monoisotopic (exact) mass is 483 g/mol. The van der Waals surface area contributed by atoms with Crippen molar-refractivity contribution in [3.05, 3.63) is 63.3 Å². The molecule has 1 heterocycles. The van der Waals surface area contributed by atoms with Crippen molar-refractivity contribution in [2.75, 3.05) is 7.11 Å². The van der Waals surface area contributed by atoms with E-state index in [-0.39, 0.29) is 40.5 Å². The number of aliphatic carboxylic acids is 1. The maximum Gasteiger partial charge on any atom is 0.427 e. The number of aromatic nitrogens is 1. The molecule has 3 aromatic rings. The van der Waals surface area contributed by atoms with Crippen LogP contribution < -0.4 is 9.47 Å². The highest BCUT2D eigenvalue weighted by molar-refractivity contribution is 7.06. The van der Waals surface area contributed by atoms with Gasteiger partial charge in [0, 0.05) is 17.5 Å². The van der Waals surface area contributed by atoms with Crippen molar-refractivity contribution in [1.29, 1.82) is 0 Å². The normalized spacial score (nSPS) is 11.5. The number of hydrogen-bond acceptors (Lipinski definition) is 5. The van der Waals surface area contributed by atoms with E-state index in [1.54, 1.807) is 26.0 Å². The first-order valence-electron chi connectivity index (χ1n) is 9.86. The summed E-state index contributed by atoms with van der Waals surface area (Å²) < 4.78 is 69.6. The quantitative estimate of drug-likeness (QED) is 0.387. The number of carboxylic acids is 1. The number of nitrogens with zero attached hydrogens (tertiary/aromatic N) is 1. The van der Waals surface area contributed by atoms with Gasteiger partial charge < -0.3 is 14.6 Å². The number of hydrogen-bond donors (Lipinski definition) is 1. The Kier molecular flexibility index (Phi) is 7.26. The first-order chi connectivity index (χ1) is 15.5. The molecule has 0 saturated carbocycles. The molecule has 3 rings (SSSR count). The predicted octanol–water partition coefficient (Wildman–Crippen LogP) is 6.19. The standard InChI is InChI=1S/C23H21F4NO4S/c1-12-13(2)18(7-4-14(12)6-9-20(29)30)32-11-16-21(28-33-22(16)23(25,26)27)15-5-8-19(31-3)17(24)10-15/h4-5,7-8,10H,6,9,11H2,1-3H3,(H,29,30). The summed E-state index contributed by atoms with van der Waals surface area (Å²) in [7, 11) is 1.29. The van der Waals surface area contributed by atoms with Crippen molar-refractivity contribution >= 4 is 17.5 Å². The van der Waals surface area contributed by atoms with Crippen LogP contribution in [0.3, 0.4) is 0 Å². The fourth-order valence-corrected chi connectivity index (χ4v) is 4.14. The summed E-state index contributed by atoms with van der Waals surface area (Å²) in [5, 5.41) is 8.89. The number of ether oxygens (including phenoxy) is 2. The van der Waals surface area contributed by atoms with Crippen LogP contribution in [0.1, 0.15) is 33.6 Å². The van der Waals surface area contributed by atoms with Crippen molar-refractivity contribution < 1.29 is 36.9 Å². The minimum atomic E-state index is -4.65. The fourth-order valence-electron chi connectivity index (χ4n) is 3.38. The second-order valence-corrected chi connectivity index (χ2v) is 8.11. The minimum Gasteiger partial charge on any atom is -0.494 e. The molecule has 0 aliphatic rings. The largest absolute Gasteiger partial charge is 0.494 e.